The van der Waals surface area contributed by atoms with E-state index in [1.807, 2.05) is 38.1 Å². The summed E-state index contributed by atoms with van der Waals surface area (Å²) in [6, 6.07) is 7.45. The number of carbonyl (C=O) groups is 1. The van der Waals surface area contributed by atoms with Gasteiger partial charge in [-0.25, -0.2) is 0 Å². The largest absolute Gasteiger partial charge is 0.428 e. The van der Waals surface area contributed by atoms with Crippen molar-refractivity contribution in [2.75, 3.05) is 0 Å². The summed E-state index contributed by atoms with van der Waals surface area (Å²) < 4.78 is 4.90. The van der Waals surface area contributed by atoms with E-state index in [1.165, 1.54) is 0 Å². The molecule has 1 aromatic carbocycles. The van der Waals surface area contributed by atoms with Crippen LogP contribution in [0.25, 0.3) is 0 Å². The topological polar surface area (TPSA) is 26.3 Å². The fourth-order valence-corrected chi connectivity index (χ4v) is 1.26. The first kappa shape index (κ1) is 10.5. The monoisotopic (exact) mass is 190 g/mol. The van der Waals surface area contributed by atoms with Crippen molar-refractivity contribution in [2.24, 2.45) is 0 Å². The lowest BCUT2D eigenvalue weighted by atomic mass is 9.84. The van der Waals surface area contributed by atoms with Gasteiger partial charge in [0.05, 0.1) is 0 Å². The minimum Gasteiger partial charge on any atom is -0.428 e. The lowest BCUT2D eigenvalue weighted by Crippen LogP contribution is -2.14. The smallest absolute Gasteiger partial charge is 0.298 e. The van der Waals surface area contributed by atoms with Crippen LogP contribution in [0.15, 0.2) is 36.9 Å². The van der Waals surface area contributed by atoms with E-state index in [4.69, 9.17) is 4.74 Å². The third kappa shape index (κ3) is 2.02. The molecule has 0 spiro atoms. The Morgan fingerprint density at radius 1 is 1.36 bits per heavy atom. The fraction of sp³-hybridized carbons (Fsp3) is 0.250. The highest BCUT2D eigenvalue weighted by molar-refractivity contribution is 5.50. The normalized spacial score (nSPS) is 10.7. The minimum absolute atomic E-state index is 0.195. The van der Waals surface area contributed by atoms with Gasteiger partial charge >= 0.3 is 0 Å². The SMILES string of the molecule is C=CC(C)(C)c1ccccc1OC=O. The molecule has 0 aliphatic rings. The summed E-state index contributed by atoms with van der Waals surface area (Å²) in [5.74, 6) is 0.590. The lowest BCUT2D eigenvalue weighted by molar-refractivity contribution is -0.120. The molecule has 74 valence electrons. The molecule has 0 aliphatic heterocycles. The first-order chi connectivity index (χ1) is 6.61. The number of carbonyl (C=O) groups excluding carboxylic acids is 1. The summed E-state index contributed by atoms with van der Waals surface area (Å²) >= 11 is 0. The van der Waals surface area contributed by atoms with E-state index in [9.17, 15) is 4.79 Å². The Hall–Kier alpha value is -1.57. The Balaban J connectivity index is 3.18. The Morgan fingerprint density at radius 2 is 2.00 bits per heavy atom. The molecule has 0 unspecified atom stereocenters. The van der Waals surface area contributed by atoms with Gasteiger partial charge in [-0.15, -0.1) is 6.58 Å². The number of ether oxygens (including phenoxy) is 1. The zero-order chi connectivity index (χ0) is 10.6. The molecular formula is C12H14O2. The maximum Gasteiger partial charge on any atom is 0.298 e. The van der Waals surface area contributed by atoms with E-state index in [-0.39, 0.29) is 5.41 Å². The van der Waals surface area contributed by atoms with Crippen molar-refractivity contribution in [1.82, 2.24) is 0 Å². The summed E-state index contributed by atoms with van der Waals surface area (Å²) in [7, 11) is 0. The van der Waals surface area contributed by atoms with Gasteiger partial charge in [0.25, 0.3) is 6.47 Å². The van der Waals surface area contributed by atoms with Gasteiger partial charge in [0, 0.05) is 11.0 Å². The second-order valence-corrected chi connectivity index (χ2v) is 3.64. The summed E-state index contributed by atoms with van der Waals surface area (Å²) in [6.07, 6.45) is 1.83. The van der Waals surface area contributed by atoms with Gasteiger partial charge in [0.2, 0.25) is 0 Å². The highest BCUT2D eigenvalue weighted by Gasteiger charge is 2.20. The Kier molecular flexibility index (Phi) is 3.07. The van der Waals surface area contributed by atoms with Gasteiger partial charge in [0.1, 0.15) is 5.75 Å². The van der Waals surface area contributed by atoms with Crippen molar-refractivity contribution in [2.45, 2.75) is 19.3 Å². The van der Waals surface area contributed by atoms with Gasteiger partial charge < -0.3 is 4.74 Å². The molecule has 0 radical (unpaired) electrons. The number of hydrogen-bond acceptors (Lipinski definition) is 2. The van der Waals surface area contributed by atoms with Gasteiger partial charge in [0.15, 0.2) is 0 Å². The zero-order valence-corrected chi connectivity index (χ0v) is 8.49. The molecule has 0 amide bonds. The highest BCUT2D eigenvalue weighted by atomic mass is 16.5. The van der Waals surface area contributed by atoms with E-state index >= 15 is 0 Å². The van der Waals surface area contributed by atoms with E-state index in [0.29, 0.717) is 12.2 Å². The summed E-state index contributed by atoms with van der Waals surface area (Å²) in [5, 5.41) is 0. The number of para-hydroxylation sites is 1. The molecule has 0 aromatic heterocycles. The van der Waals surface area contributed by atoms with Crippen LogP contribution in [-0.4, -0.2) is 6.47 Å². The van der Waals surface area contributed by atoms with Crippen molar-refractivity contribution in [1.29, 1.82) is 0 Å². The van der Waals surface area contributed by atoms with Crippen LogP contribution in [-0.2, 0) is 10.2 Å². The molecule has 1 aromatic rings. The van der Waals surface area contributed by atoms with Gasteiger partial charge in [-0.3, -0.25) is 4.79 Å². The molecule has 2 nitrogen and oxygen atoms in total. The molecule has 0 saturated carbocycles. The van der Waals surface area contributed by atoms with E-state index < -0.39 is 0 Å². The first-order valence-corrected chi connectivity index (χ1v) is 4.45. The minimum atomic E-state index is -0.195. The van der Waals surface area contributed by atoms with Crippen LogP contribution in [0.2, 0.25) is 0 Å². The van der Waals surface area contributed by atoms with Crippen LogP contribution in [0.4, 0.5) is 0 Å². The summed E-state index contributed by atoms with van der Waals surface area (Å²) in [4.78, 5) is 10.3. The van der Waals surface area contributed by atoms with Crippen molar-refractivity contribution in [3.8, 4) is 5.75 Å². The van der Waals surface area contributed by atoms with Crippen LogP contribution < -0.4 is 4.74 Å². The standard InChI is InChI=1S/C12H14O2/c1-4-12(2,3)10-7-5-6-8-11(10)14-9-13/h4-9H,1H2,2-3H3. The Morgan fingerprint density at radius 3 is 2.57 bits per heavy atom. The Bertz CT molecular complexity index is 340. The second-order valence-electron chi connectivity index (χ2n) is 3.64. The Labute approximate surface area is 84.2 Å². The number of benzene rings is 1. The first-order valence-electron chi connectivity index (χ1n) is 4.45. The molecule has 0 heterocycles. The van der Waals surface area contributed by atoms with Crippen LogP contribution >= 0.6 is 0 Å². The molecule has 1 rings (SSSR count). The average Bonchev–Trinajstić information content (AvgIpc) is 2.19. The predicted molar refractivity (Wildman–Crippen MR) is 56.4 cm³/mol. The van der Waals surface area contributed by atoms with Gasteiger partial charge in [-0.1, -0.05) is 38.1 Å². The van der Waals surface area contributed by atoms with E-state index in [2.05, 4.69) is 6.58 Å². The maximum atomic E-state index is 10.3. The number of allylic oxidation sites excluding steroid dienone is 1. The molecule has 14 heavy (non-hydrogen) atoms. The predicted octanol–water partition coefficient (Wildman–Crippen LogP) is 2.69. The molecule has 0 saturated heterocycles. The molecule has 0 N–H and O–H groups in total. The van der Waals surface area contributed by atoms with Gasteiger partial charge in [-0.2, -0.15) is 0 Å². The van der Waals surface area contributed by atoms with Crippen LogP contribution in [0.5, 0.6) is 5.75 Å². The van der Waals surface area contributed by atoms with Crippen LogP contribution in [0, 0.1) is 0 Å². The van der Waals surface area contributed by atoms with Crippen molar-refractivity contribution >= 4 is 6.47 Å². The quantitative estimate of drug-likeness (QED) is 0.539. The third-order valence-corrected chi connectivity index (χ3v) is 2.27. The van der Waals surface area contributed by atoms with E-state index in [0.717, 1.165) is 5.56 Å². The average molecular weight is 190 g/mol. The second kappa shape index (κ2) is 4.09. The fourth-order valence-electron chi connectivity index (χ4n) is 1.26. The van der Waals surface area contributed by atoms with Gasteiger partial charge in [-0.05, 0) is 6.07 Å². The summed E-state index contributed by atoms with van der Waals surface area (Å²) in [5.41, 5.74) is 0.765. The summed E-state index contributed by atoms with van der Waals surface area (Å²) in [6.45, 7) is 8.25. The molecular weight excluding hydrogens is 176 g/mol. The van der Waals surface area contributed by atoms with Crippen molar-refractivity contribution < 1.29 is 9.53 Å². The number of hydrogen-bond donors (Lipinski definition) is 0. The molecule has 0 aliphatic carbocycles. The molecule has 2 heteroatoms. The lowest BCUT2D eigenvalue weighted by Gasteiger charge is -2.22. The number of rotatable bonds is 4. The van der Waals surface area contributed by atoms with Crippen LogP contribution in [0.1, 0.15) is 19.4 Å². The highest BCUT2D eigenvalue weighted by Crippen LogP contribution is 2.31. The molecule has 0 bridgehead atoms. The maximum absolute atomic E-state index is 10.3. The zero-order valence-electron chi connectivity index (χ0n) is 8.49. The van der Waals surface area contributed by atoms with Crippen LogP contribution in [0.3, 0.4) is 0 Å². The third-order valence-electron chi connectivity index (χ3n) is 2.27. The van der Waals surface area contributed by atoms with Crippen molar-refractivity contribution in [3.05, 3.63) is 42.5 Å². The molecule has 0 fully saturated rings. The molecule has 0 atom stereocenters. The van der Waals surface area contributed by atoms with Crippen molar-refractivity contribution in [3.63, 3.8) is 0 Å². The van der Waals surface area contributed by atoms with E-state index in [1.54, 1.807) is 6.07 Å².